The van der Waals surface area contributed by atoms with Gasteiger partial charge >= 0.3 is 6.03 Å². The molecule has 5 heteroatoms. The lowest BCUT2D eigenvalue weighted by atomic mass is 10.1. The highest BCUT2D eigenvalue weighted by atomic mass is 19.1. The van der Waals surface area contributed by atoms with Crippen LogP contribution in [0.4, 0.5) is 14.9 Å². The quantitative estimate of drug-likeness (QED) is 0.564. The van der Waals surface area contributed by atoms with Crippen molar-refractivity contribution in [1.82, 2.24) is 9.47 Å². The molecule has 28 heavy (non-hydrogen) atoms. The van der Waals surface area contributed by atoms with Gasteiger partial charge in [0, 0.05) is 30.7 Å². The molecule has 0 saturated heterocycles. The van der Waals surface area contributed by atoms with Crippen LogP contribution in [0, 0.1) is 12.7 Å². The van der Waals surface area contributed by atoms with E-state index in [-0.39, 0.29) is 11.8 Å². The summed E-state index contributed by atoms with van der Waals surface area (Å²) in [5.41, 5.74) is 3.86. The third kappa shape index (κ3) is 5.10. The first-order valence-electron chi connectivity index (χ1n) is 9.17. The SMILES string of the molecule is C=CCN(Cc1cccn1Cc1cccc(C)c1)C(=O)Nc1cccc(F)c1. The second kappa shape index (κ2) is 9.04. The lowest BCUT2D eigenvalue weighted by molar-refractivity contribution is 0.214. The molecule has 0 aliphatic carbocycles. The van der Waals surface area contributed by atoms with E-state index >= 15 is 0 Å². The second-order valence-corrected chi connectivity index (χ2v) is 6.73. The smallest absolute Gasteiger partial charge is 0.322 e. The number of rotatable bonds is 7. The van der Waals surface area contributed by atoms with Crippen molar-refractivity contribution in [1.29, 1.82) is 0 Å². The molecule has 1 aromatic heterocycles. The summed E-state index contributed by atoms with van der Waals surface area (Å²) < 4.78 is 15.5. The van der Waals surface area contributed by atoms with Crippen LogP contribution in [0.25, 0.3) is 0 Å². The molecule has 0 radical (unpaired) electrons. The maximum atomic E-state index is 13.4. The van der Waals surface area contributed by atoms with Crippen molar-refractivity contribution in [3.63, 3.8) is 0 Å². The number of anilines is 1. The molecule has 2 amide bonds. The molecule has 3 rings (SSSR count). The zero-order valence-corrected chi connectivity index (χ0v) is 15.9. The van der Waals surface area contributed by atoms with Crippen LogP contribution in [0.2, 0.25) is 0 Å². The monoisotopic (exact) mass is 377 g/mol. The Kier molecular flexibility index (Phi) is 6.27. The predicted molar refractivity (Wildman–Crippen MR) is 111 cm³/mol. The van der Waals surface area contributed by atoms with Gasteiger partial charge in [0.1, 0.15) is 5.82 Å². The summed E-state index contributed by atoms with van der Waals surface area (Å²) in [4.78, 5) is 14.3. The first-order chi connectivity index (χ1) is 13.5. The minimum atomic E-state index is -0.389. The number of aryl methyl sites for hydroxylation is 1. The van der Waals surface area contributed by atoms with Crippen LogP contribution in [-0.4, -0.2) is 22.0 Å². The molecule has 0 atom stereocenters. The van der Waals surface area contributed by atoms with Gasteiger partial charge in [0.2, 0.25) is 0 Å². The van der Waals surface area contributed by atoms with Crippen molar-refractivity contribution in [2.24, 2.45) is 0 Å². The highest BCUT2D eigenvalue weighted by Gasteiger charge is 2.15. The first kappa shape index (κ1) is 19.4. The van der Waals surface area contributed by atoms with E-state index < -0.39 is 0 Å². The van der Waals surface area contributed by atoms with Crippen molar-refractivity contribution in [3.05, 3.63) is 102 Å². The maximum Gasteiger partial charge on any atom is 0.322 e. The van der Waals surface area contributed by atoms with Gasteiger partial charge in [-0.25, -0.2) is 9.18 Å². The van der Waals surface area contributed by atoms with Crippen molar-refractivity contribution in [2.75, 3.05) is 11.9 Å². The number of amides is 2. The van der Waals surface area contributed by atoms with Gasteiger partial charge in [0.05, 0.1) is 6.54 Å². The molecule has 2 aromatic carbocycles. The Labute approximate surface area is 164 Å². The van der Waals surface area contributed by atoms with Crippen molar-refractivity contribution in [3.8, 4) is 0 Å². The van der Waals surface area contributed by atoms with Gasteiger partial charge in [-0.05, 0) is 42.8 Å². The van der Waals surface area contributed by atoms with Crippen molar-refractivity contribution in [2.45, 2.75) is 20.0 Å². The third-order valence-electron chi connectivity index (χ3n) is 4.42. The van der Waals surface area contributed by atoms with E-state index in [1.54, 1.807) is 23.1 Å². The average molecular weight is 377 g/mol. The first-order valence-corrected chi connectivity index (χ1v) is 9.17. The lowest BCUT2D eigenvalue weighted by Crippen LogP contribution is -2.35. The summed E-state index contributed by atoms with van der Waals surface area (Å²) in [6.07, 6.45) is 3.69. The van der Waals surface area contributed by atoms with E-state index in [4.69, 9.17) is 0 Å². The van der Waals surface area contributed by atoms with E-state index in [1.807, 2.05) is 24.4 Å². The van der Waals surface area contributed by atoms with Crippen LogP contribution in [0.1, 0.15) is 16.8 Å². The largest absolute Gasteiger partial charge is 0.345 e. The number of nitrogens with zero attached hydrogens (tertiary/aromatic N) is 2. The third-order valence-corrected chi connectivity index (χ3v) is 4.42. The number of urea groups is 1. The van der Waals surface area contributed by atoms with Gasteiger partial charge in [0.15, 0.2) is 0 Å². The standard InChI is InChI=1S/C23H24FN3O/c1-3-12-27(23(28)25-21-10-5-9-20(24)15-21)17-22-11-6-13-26(22)16-19-8-4-7-18(2)14-19/h3-11,13-15H,1,12,16-17H2,2H3,(H,25,28). The van der Waals surface area contributed by atoms with Gasteiger partial charge in [-0.2, -0.15) is 0 Å². The fourth-order valence-electron chi connectivity index (χ4n) is 3.09. The summed E-state index contributed by atoms with van der Waals surface area (Å²) in [6, 6.07) is 17.9. The average Bonchev–Trinajstić information content (AvgIpc) is 3.08. The van der Waals surface area contributed by atoms with Crippen LogP contribution >= 0.6 is 0 Å². The van der Waals surface area contributed by atoms with Gasteiger partial charge in [0.25, 0.3) is 0 Å². The summed E-state index contributed by atoms with van der Waals surface area (Å²) in [7, 11) is 0. The maximum absolute atomic E-state index is 13.4. The van der Waals surface area contributed by atoms with Crippen LogP contribution in [0.15, 0.2) is 79.5 Å². The zero-order valence-electron chi connectivity index (χ0n) is 15.9. The Hall–Kier alpha value is -3.34. The summed E-state index contributed by atoms with van der Waals surface area (Å²) >= 11 is 0. The molecule has 0 spiro atoms. The molecule has 0 aliphatic heterocycles. The Morgan fingerprint density at radius 3 is 2.75 bits per heavy atom. The molecule has 4 nitrogen and oxygen atoms in total. The number of carbonyl (C=O) groups excluding carboxylic acids is 1. The van der Waals surface area contributed by atoms with Crippen LogP contribution < -0.4 is 5.32 Å². The van der Waals surface area contributed by atoms with Crippen LogP contribution in [0.5, 0.6) is 0 Å². The lowest BCUT2D eigenvalue weighted by Gasteiger charge is -2.23. The molecule has 144 valence electrons. The van der Waals surface area contributed by atoms with Crippen LogP contribution in [0.3, 0.4) is 0 Å². The molecule has 1 heterocycles. The molecule has 0 saturated carbocycles. The zero-order chi connectivity index (χ0) is 19.9. The van der Waals surface area contributed by atoms with Gasteiger partial charge in [-0.15, -0.1) is 6.58 Å². The second-order valence-electron chi connectivity index (χ2n) is 6.73. The Morgan fingerprint density at radius 2 is 2.00 bits per heavy atom. The number of benzene rings is 2. The highest BCUT2D eigenvalue weighted by Crippen LogP contribution is 2.14. The number of hydrogen-bond acceptors (Lipinski definition) is 1. The molecular formula is C23H24FN3O. The van der Waals surface area contributed by atoms with Crippen molar-refractivity contribution >= 4 is 11.7 Å². The molecule has 0 unspecified atom stereocenters. The number of nitrogens with one attached hydrogen (secondary N) is 1. The Balaban J connectivity index is 1.73. The Morgan fingerprint density at radius 1 is 1.18 bits per heavy atom. The van der Waals surface area contributed by atoms with E-state index in [0.29, 0.717) is 18.8 Å². The fraction of sp³-hybridized carbons (Fsp3) is 0.174. The van der Waals surface area contributed by atoms with Crippen molar-refractivity contribution < 1.29 is 9.18 Å². The molecular weight excluding hydrogens is 353 g/mol. The molecule has 0 aliphatic rings. The van der Waals surface area contributed by atoms with E-state index in [2.05, 4.69) is 41.6 Å². The predicted octanol–water partition coefficient (Wildman–Crippen LogP) is 5.20. The van der Waals surface area contributed by atoms with E-state index in [1.165, 1.54) is 23.3 Å². The molecule has 0 fully saturated rings. The summed E-state index contributed by atoms with van der Waals surface area (Å²) in [5, 5.41) is 2.75. The van der Waals surface area contributed by atoms with Gasteiger partial charge in [-0.3, -0.25) is 0 Å². The summed E-state index contributed by atoms with van der Waals surface area (Å²) in [6.45, 7) is 7.36. The van der Waals surface area contributed by atoms with Crippen LogP contribution in [-0.2, 0) is 13.1 Å². The fourth-order valence-corrected chi connectivity index (χ4v) is 3.09. The number of halogens is 1. The number of hydrogen-bond donors (Lipinski definition) is 1. The topological polar surface area (TPSA) is 37.3 Å². The van der Waals surface area contributed by atoms with E-state index in [0.717, 1.165) is 12.2 Å². The minimum absolute atomic E-state index is 0.297. The summed E-state index contributed by atoms with van der Waals surface area (Å²) in [5.74, 6) is -0.389. The van der Waals surface area contributed by atoms with Gasteiger partial charge in [-0.1, -0.05) is 42.0 Å². The molecule has 1 N–H and O–H groups in total. The van der Waals surface area contributed by atoms with E-state index in [9.17, 15) is 9.18 Å². The number of aromatic nitrogens is 1. The Bertz CT molecular complexity index is 964. The number of carbonyl (C=O) groups is 1. The minimum Gasteiger partial charge on any atom is -0.345 e. The molecule has 3 aromatic rings. The van der Waals surface area contributed by atoms with Gasteiger partial charge < -0.3 is 14.8 Å². The highest BCUT2D eigenvalue weighted by molar-refractivity contribution is 5.89. The molecule has 0 bridgehead atoms. The normalized spacial score (nSPS) is 10.5.